The van der Waals surface area contributed by atoms with E-state index in [1.807, 2.05) is 44.2 Å². The number of carbonyl (C=O) groups is 2. The second-order valence-corrected chi connectivity index (χ2v) is 12.0. The summed E-state index contributed by atoms with van der Waals surface area (Å²) < 4.78 is 26.5. The fourth-order valence-corrected chi connectivity index (χ4v) is 5.15. The summed E-state index contributed by atoms with van der Waals surface area (Å²) in [6.45, 7) is 3.21. The number of benzene rings is 3. The van der Waals surface area contributed by atoms with Crippen molar-refractivity contribution in [2.24, 2.45) is 0 Å². The van der Waals surface area contributed by atoms with Crippen molar-refractivity contribution in [3.63, 3.8) is 0 Å². The lowest BCUT2D eigenvalue weighted by Gasteiger charge is -2.34. The molecule has 0 unspecified atom stereocenters. The minimum Gasteiger partial charge on any atom is -0.352 e. The lowest BCUT2D eigenvalue weighted by atomic mass is 10.0. The van der Waals surface area contributed by atoms with Crippen molar-refractivity contribution in [1.82, 2.24) is 10.2 Å². The molecule has 0 fully saturated rings. The Bertz CT molecular complexity index is 1350. The molecule has 0 radical (unpaired) electrons. The smallest absolute Gasteiger partial charge is 0.244 e. The molecule has 2 amide bonds. The van der Waals surface area contributed by atoms with Crippen molar-refractivity contribution in [2.45, 2.75) is 38.9 Å². The quantitative estimate of drug-likeness (QED) is 0.351. The van der Waals surface area contributed by atoms with E-state index in [0.717, 1.165) is 16.1 Å². The van der Waals surface area contributed by atoms with E-state index in [9.17, 15) is 18.0 Å². The molecule has 0 aliphatic rings. The number of carbonyl (C=O) groups excluding carboxylic acids is 2. The molecule has 1 atom stereocenters. The maximum absolute atomic E-state index is 13.9. The van der Waals surface area contributed by atoms with Crippen molar-refractivity contribution in [1.29, 1.82) is 0 Å². The van der Waals surface area contributed by atoms with Gasteiger partial charge in [0.25, 0.3) is 0 Å². The molecule has 3 aromatic carbocycles. The summed E-state index contributed by atoms with van der Waals surface area (Å²) in [5.41, 5.74) is 1.85. The average Bonchev–Trinajstić information content (AvgIpc) is 2.86. The van der Waals surface area contributed by atoms with Crippen LogP contribution in [0.3, 0.4) is 0 Å². The van der Waals surface area contributed by atoms with E-state index < -0.39 is 28.5 Å². The van der Waals surface area contributed by atoms with Gasteiger partial charge < -0.3 is 10.2 Å². The van der Waals surface area contributed by atoms with Crippen molar-refractivity contribution in [2.75, 3.05) is 17.1 Å². The Hall–Kier alpha value is -3.07. The number of amides is 2. The molecular formula is C28H31Cl2N3O4S. The van der Waals surface area contributed by atoms with Gasteiger partial charge in [-0.2, -0.15) is 0 Å². The SMILES string of the molecule is CC(C)NC(=O)[C@@H](Cc1ccccc1)N(Cc1ccc(Cl)c(Cl)c1)C(=O)CN(c1ccccc1)S(C)(=O)=O. The van der Waals surface area contributed by atoms with E-state index in [1.54, 1.807) is 48.5 Å². The molecule has 10 heteroatoms. The lowest BCUT2D eigenvalue weighted by molar-refractivity contribution is -0.140. The number of halogens is 2. The molecule has 3 aromatic rings. The highest BCUT2D eigenvalue weighted by Crippen LogP contribution is 2.25. The number of hydrogen-bond donors (Lipinski definition) is 1. The Kier molecular flexibility index (Phi) is 10.2. The van der Waals surface area contributed by atoms with Gasteiger partial charge in [-0.1, -0.05) is 77.8 Å². The Labute approximate surface area is 234 Å². The van der Waals surface area contributed by atoms with Gasteiger partial charge in [-0.25, -0.2) is 8.42 Å². The van der Waals surface area contributed by atoms with E-state index in [-0.39, 0.29) is 24.9 Å². The van der Waals surface area contributed by atoms with Crippen LogP contribution in [0.2, 0.25) is 10.0 Å². The van der Waals surface area contributed by atoms with Gasteiger partial charge in [-0.3, -0.25) is 13.9 Å². The van der Waals surface area contributed by atoms with Crippen LogP contribution in [0, 0.1) is 0 Å². The van der Waals surface area contributed by atoms with Crippen LogP contribution < -0.4 is 9.62 Å². The summed E-state index contributed by atoms with van der Waals surface area (Å²) in [4.78, 5) is 28.8. The molecule has 0 saturated heterocycles. The van der Waals surface area contributed by atoms with Gasteiger partial charge in [-0.15, -0.1) is 0 Å². The summed E-state index contributed by atoms with van der Waals surface area (Å²) in [7, 11) is -3.81. The van der Waals surface area contributed by atoms with Crippen LogP contribution >= 0.6 is 23.2 Å². The molecule has 202 valence electrons. The summed E-state index contributed by atoms with van der Waals surface area (Å²) in [6.07, 6.45) is 1.28. The molecule has 0 aromatic heterocycles. The van der Waals surface area contributed by atoms with Crippen molar-refractivity contribution >= 4 is 50.7 Å². The third-order valence-electron chi connectivity index (χ3n) is 5.76. The van der Waals surface area contributed by atoms with E-state index in [4.69, 9.17) is 23.2 Å². The molecule has 7 nitrogen and oxygen atoms in total. The zero-order valence-electron chi connectivity index (χ0n) is 21.5. The van der Waals surface area contributed by atoms with Gasteiger partial charge in [0.05, 0.1) is 22.0 Å². The van der Waals surface area contributed by atoms with Crippen LogP contribution in [0.25, 0.3) is 0 Å². The van der Waals surface area contributed by atoms with Crippen LogP contribution in [-0.2, 0) is 32.6 Å². The maximum atomic E-state index is 13.9. The molecule has 38 heavy (non-hydrogen) atoms. The molecule has 0 saturated carbocycles. The highest BCUT2D eigenvalue weighted by molar-refractivity contribution is 7.92. The molecule has 0 heterocycles. The molecule has 0 spiro atoms. The Morgan fingerprint density at radius 1 is 0.868 bits per heavy atom. The normalized spacial score (nSPS) is 12.2. The molecule has 3 rings (SSSR count). The minimum absolute atomic E-state index is 0.0190. The average molecular weight is 577 g/mol. The molecule has 1 N–H and O–H groups in total. The predicted molar refractivity (Wildman–Crippen MR) is 153 cm³/mol. The summed E-state index contributed by atoms with van der Waals surface area (Å²) >= 11 is 12.3. The Morgan fingerprint density at radius 3 is 2.03 bits per heavy atom. The maximum Gasteiger partial charge on any atom is 0.244 e. The van der Waals surface area contributed by atoms with Crippen LogP contribution in [0.4, 0.5) is 5.69 Å². The third-order valence-corrected chi connectivity index (χ3v) is 7.64. The first-order valence-corrected chi connectivity index (χ1v) is 14.7. The standard InChI is InChI=1S/C28H31Cl2N3O4S/c1-20(2)31-28(35)26(17-21-10-6-4-7-11-21)32(18-22-14-15-24(29)25(30)16-22)27(34)19-33(38(3,36)37)23-12-8-5-9-13-23/h4-16,20,26H,17-19H2,1-3H3,(H,31,35)/t26-/m1/s1. The summed E-state index contributed by atoms with van der Waals surface area (Å²) in [6, 6.07) is 21.6. The first kappa shape index (κ1) is 29.5. The van der Waals surface area contributed by atoms with Crippen molar-refractivity contribution in [3.05, 3.63) is 100 Å². The Morgan fingerprint density at radius 2 is 1.47 bits per heavy atom. The van der Waals surface area contributed by atoms with Gasteiger partial charge in [0.2, 0.25) is 21.8 Å². The van der Waals surface area contributed by atoms with E-state index in [2.05, 4.69) is 5.32 Å². The largest absolute Gasteiger partial charge is 0.352 e. The fourth-order valence-electron chi connectivity index (χ4n) is 3.98. The number of hydrogen-bond acceptors (Lipinski definition) is 4. The molecular weight excluding hydrogens is 545 g/mol. The lowest BCUT2D eigenvalue weighted by Crippen LogP contribution is -2.54. The summed E-state index contributed by atoms with van der Waals surface area (Å²) in [5.74, 6) is -0.881. The van der Waals surface area contributed by atoms with Gasteiger partial charge >= 0.3 is 0 Å². The minimum atomic E-state index is -3.81. The predicted octanol–water partition coefficient (Wildman–Crippen LogP) is 4.92. The van der Waals surface area contributed by atoms with Crippen LogP contribution in [0.5, 0.6) is 0 Å². The first-order valence-electron chi connectivity index (χ1n) is 12.1. The number of rotatable bonds is 11. The third kappa shape index (κ3) is 8.21. The van der Waals surface area contributed by atoms with Gasteiger partial charge in [-0.05, 0) is 49.2 Å². The van der Waals surface area contributed by atoms with E-state index in [0.29, 0.717) is 21.3 Å². The fraction of sp³-hybridized carbons (Fsp3) is 0.286. The molecule has 0 aliphatic carbocycles. The first-order chi connectivity index (χ1) is 18.0. The van der Waals surface area contributed by atoms with Gasteiger partial charge in [0.1, 0.15) is 12.6 Å². The highest BCUT2D eigenvalue weighted by atomic mass is 35.5. The topological polar surface area (TPSA) is 86.8 Å². The van der Waals surface area contributed by atoms with Gasteiger partial charge in [0, 0.05) is 19.0 Å². The van der Waals surface area contributed by atoms with E-state index in [1.165, 1.54) is 4.90 Å². The monoisotopic (exact) mass is 575 g/mol. The number of para-hydroxylation sites is 1. The second-order valence-electron chi connectivity index (χ2n) is 9.24. The number of sulfonamides is 1. The molecule has 0 bridgehead atoms. The highest BCUT2D eigenvalue weighted by Gasteiger charge is 2.33. The molecule has 0 aliphatic heterocycles. The van der Waals surface area contributed by atoms with Crippen molar-refractivity contribution < 1.29 is 18.0 Å². The number of anilines is 1. The van der Waals surface area contributed by atoms with Crippen LogP contribution in [0.1, 0.15) is 25.0 Å². The van der Waals surface area contributed by atoms with Crippen molar-refractivity contribution in [3.8, 4) is 0 Å². The Balaban J connectivity index is 2.06. The van der Waals surface area contributed by atoms with Crippen LogP contribution in [-0.4, -0.2) is 50.0 Å². The van der Waals surface area contributed by atoms with Crippen LogP contribution in [0.15, 0.2) is 78.9 Å². The second kappa shape index (κ2) is 13.1. The zero-order valence-corrected chi connectivity index (χ0v) is 23.8. The zero-order chi connectivity index (χ0) is 27.9. The number of nitrogens with one attached hydrogen (secondary N) is 1. The summed E-state index contributed by atoms with van der Waals surface area (Å²) in [5, 5.41) is 3.58. The number of nitrogens with zero attached hydrogens (tertiary/aromatic N) is 2. The van der Waals surface area contributed by atoms with E-state index >= 15 is 0 Å². The van der Waals surface area contributed by atoms with Gasteiger partial charge in [0.15, 0.2) is 0 Å².